The summed E-state index contributed by atoms with van der Waals surface area (Å²) in [5.41, 5.74) is 0.534. The minimum atomic E-state index is -4.27. The summed E-state index contributed by atoms with van der Waals surface area (Å²) in [6.07, 6.45) is 4.55. The van der Waals surface area contributed by atoms with Gasteiger partial charge in [0.1, 0.15) is 11.5 Å². The van der Waals surface area contributed by atoms with Crippen molar-refractivity contribution in [2.75, 3.05) is 0 Å². The van der Waals surface area contributed by atoms with Crippen molar-refractivity contribution in [1.29, 1.82) is 0 Å². The van der Waals surface area contributed by atoms with E-state index >= 15 is 0 Å². The molecule has 0 aliphatic carbocycles. The molecule has 7 heteroatoms. The molecule has 25 heavy (non-hydrogen) atoms. The largest absolute Gasteiger partial charge is 1.00 e. The molecule has 0 unspecified atom stereocenters. The van der Waals surface area contributed by atoms with Gasteiger partial charge in [0.2, 0.25) is 0 Å². The molecule has 0 saturated carbocycles. The molecule has 2 rings (SSSR count). The molecule has 2 aromatic rings. The van der Waals surface area contributed by atoms with Crippen LogP contribution in [0.15, 0.2) is 47.4 Å². The predicted octanol–water partition coefficient (Wildman–Crippen LogP) is 0.926. The van der Waals surface area contributed by atoms with Crippen LogP contribution in [0.25, 0.3) is 0 Å². The van der Waals surface area contributed by atoms with Gasteiger partial charge in [-0.3, -0.25) is 4.55 Å². The molecule has 1 N–H and O–H groups in total. The van der Waals surface area contributed by atoms with E-state index < -0.39 is 10.1 Å². The second-order valence-electron chi connectivity index (χ2n) is 5.63. The first kappa shape index (κ1) is 22.6. The zero-order valence-electron chi connectivity index (χ0n) is 14.6. The molecule has 0 aliphatic heterocycles. The Balaban J connectivity index is 0.00000312. The van der Waals surface area contributed by atoms with Gasteiger partial charge < -0.3 is 9.84 Å². The van der Waals surface area contributed by atoms with E-state index in [1.54, 1.807) is 18.2 Å². The zero-order valence-corrected chi connectivity index (χ0v) is 18.5. The summed E-state index contributed by atoms with van der Waals surface area (Å²) in [4.78, 5) is -0.0822. The number of unbranched alkanes of at least 4 members (excludes halogenated alkanes) is 3. The molecule has 0 spiro atoms. The standard InChI is InChI=1S/C18H22O5S.K/c1-2-3-4-5-6-14-13-17(11-12-18(14)24(20,21)22)23-16-9-7-15(19)8-10-16;/h7-13,19H,2-6H2,1H3,(H,20,21,22);/q;+1/p-1. The molecule has 0 atom stereocenters. The van der Waals surface area contributed by atoms with Crippen LogP contribution in [0.4, 0.5) is 0 Å². The predicted molar refractivity (Wildman–Crippen MR) is 90.1 cm³/mol. The summed E-state index contributed by atoms with van der Waals surface area (Å²) in [5, 5.41) is 11.1. The molecule has 0 aromatic heterocycles. The van der Waals surface area contributed by atoms with Crippen LogP contribution in [-0.4, -0.2) is 13.0 Å². The second-order valence-corrected chi connectivity index (χ2v) is 7.02. The van der Waals surface area contributed by atoms with Crippen LogP contribution in [0.3, 0.4) is 0 Å². The van der Waals surface area contributed by atoms with Gasteiger partial charge in [0, 0.05) is 0 Å². The summed E-state index contributed by atoms with van der Waals surface area (Å²) in [6, 6.07) is 10.4. The third kappa shape index (κ3) is 7.38. The Labute approximate surface area is 191 Å². The van der Waals surface area contributed by atoms with E-state index in [1.165, 1.54) is 24.3 Å². The van der Waals surface area contributed by atoms with Gasteiger partial charge in [-0.25, -0.2) is 0 Å². The average molecular weight is 389 g/mol. The summed E-state index contributed by atoms with van der Waals surface area (Å²) >= 11 is 0. The number of hydrogen-bond donors (Lipinski definition) is 1. The van der Waals surface area contributed by atoms with Crippen molar-refractivity contribution in [3.8, 4) is 17.2 Å². The molecule has 0 radical (unpaired) electrons. The fourth-order valence-electron chi connectivity index (χ4n) is 2.45. The average Bonchev–Trinajstić information content (AvgIpc) is 2.53. The minimum absolute atomic E-state index is 0. The summed E-state index contributed by atoms with van der Waals surface area (Å²) in [7, 11) is -4.27. The molecule has 0 amide bonds. The van der Waals surface area contributed by atoms with Gasteiger partial charge in [-0.2, -0.15) is 8.42 Å². The van der Waals surface area contributed by atoms with Crippen LogP contribution in [0.1, 0.15) is 38.2 Å². The second kappa shape index (κ2) is 10.7. The molecule has 2 aromatic carbocycles. The van der Waals surface area contributed by atoms with E-state index in [0.29, 0.717) is 23.5 Å². The molecule has 0 aliphatic rings. The van der Waals surface area contributed by atoms with Gasteiger partial charge in [-0.05, 0) is 48.7 Å². The normalized spacial score (nSPS) is 11.0. The minimum Gasteiger partial charge on any atom is -0.872 e. The van der Waals surface area contributed by atoms with Gasteiger partial charge in [0.15, 0.2) is 0 Å². The smallest absolute Gasteiger partial charge is 0.872 e. The van der Waals surface area contributed by atoms with E-state index in [2.05, 4.69) is 6.92 Å². The van der Waals surface area contributed by atoms with Crippen LogP contribution in [-0.2, 0) is 16.5 Å². The van der Waals surface area contributed by atoms with Gasteiger partial charge >= 0.3 is 51.4 Å². The van der Waals surface area contributed by atoms with E-state index in [4.69, 9.17) is 4.74 Å². The third-order valence-electron chi connectivity index (χ3n) is 3.67. The molecule has 0 bridgehead atoms. The number of aryl methyl sites for hydroxylation is 1. The fraction of sp³-hybridized carbons (Fsp3) is 0.333. The number of rotatable bonds is 8. The molecule has 0 fully saturated rings. The Morgan fingerprint density at radius 1 is 1.00 bits per heavy atom. The van der Waals surface area contributed by atoms with Crippen molar-refractivity contribution in [2.45, 2.75) is 43.9 Å². The van der Waals surface area contributed by atoms with Crippen molar-refractivity contribution < 1.29 is 74.2 Å². The van der Waals surface area contributed by atoms with E-state index in [9.17, 15) is 18.1 Å². The Bertz CT molecular complexity index is 773. The molecular formula is C18H21KO5S. The summed E-state index contributed by atoms with van der Waals surface area (Å²) in [6.45, 7) is 2.10. The van der Waals surface area contributed by atoms with Crippen molar-refractivity contribution >= 4 is 10.1 Å². The quantitative estimate of drug-likeness (QED) is 0.413. The molecule has 0 saturated heterocycles. The fourth-order valence-corrected chi connectivity index (χ4v) is 3.18. The number of hydrogen-bond acceptors (Lipinski definition) is 4. The molecular weight excluding hydrogens is 367 g/mol. The third-order valence-corrected chi connectivity index (χ3v) is 4.62. The van der Waals surface area contributed by atoms with Gasteiger partial charge in [-0.1, -0.05) is 38.3 Å². The summed E-state index contributed by atoms with van der Waals surface area (Å²) < 4.78 is 38.1. The van der Waals surface area contributed by atoms with E-state index in [1.807, 2.05) is 0 Å². The van der Waals surface area contributed by atoms with Crippen molar-refractivity contribution in [1.82, 2.24) is 0 Å². The van der Waals surface area contributed by atoms with Gasteiger partial charge in [0.25, 0.3) is 10.1 Å². The first-order chi connectivity index (χ1) is 11.4. The van der Waals surface area contributed by atoms with Crippen molar-refractivity contribution in [2.24, 2.45) is 0 Å². The Hall–Kier alpha value is -0.414. The maximum atomic E-state index is 11.5. The van der Waals surface area contributed by atoms with Crippen LogP contribution in [0.2, 0.25) is 0 Å². The van der Waals surface area contributed by atoms with Crippen molar-refractivity contribution in [3.63, 3.8) is 0 Å². The number of benzene rings is 2. The maximum absolute atomic E-state index is 11.5. The van der Waals surface area contributed by atoms with Crippen LogP contribution in [0.5, 0.6) is 17.2 Å². The summed E-state index contributed by atoms with van der Waals surface area (Å²) in [5.74, 6) is 0.846. The number of ether oxygens (including phenoxy) is 1. The van der Waals surface area contributed by atoms with E-state index in [-0.39, 0.29) is 62.0 Å². The van der Waals surface area contributed by atoms with Crippen LogP contribution < -0.4 is 61.2 Å². The molecule has 130 valence electrons. The monoisotopic (exact) mass is 388 g/mol. The SMILES string of the molecule is CCCCCCc1cc(Oc2ccc([O-])cc2)ccc1S(=O)(=O)O.[K+]. The Morgan fingerprint density at radius 2 is 1.64 bits per heavy atom. The maximum Gasteiger partial charge on any atom is 1.00 e. The van der Waals surface area contributed by atoms with E-state index in [0.717, 1.165) is 25.7 Å². The van der Waals surface area contributed by atoms with Gasteiger partial charge in [-0.15, -0.1) is 5.75 Å². The van der Waals surface area contributed by atoms with Crippen LogP contribution in [0, 0.1) is 0 Å². The Kier molecular flexibility index (Phi) is 9.65. The first-order valence-corrected chi connectivity index (χ1v) is 9.39. The zero-order chi connectivity index (χ0) is 17.6. The van der Waals surface area contributed by atoms with Crippen molar-refractivity contribution in [3.05, 3.63) is 48.0 Å². The Morgan fingerprint density at radius 3 is 2.24 bits per heavy atom. The molecule has 5 nitrogen and oxygen atoms in total. The topological polar surface area (TPSA) is 86.7 Å². The molecule has 0 heterocycles. The van der Waals surface area contributed by atoms with Crippen LogP contribution >= 0.6 is 0 Å². The van der Waals surface area contributed by atoms with Gasteiger partial charge in [0.05, 0.1) is 4.90 Å². The first-order valence-electron chi connectivity index (χ1n) is 7.95.